The Morgan fingerprint density at radius 3 is 2.51 bits per heavy atom. The smallest absolute Gasteiger partial charge is 0.306 e. The molecule has 0 aliphatic carbocycles. The van der Waals surface area contributed by atoms with E-state index in [4.69, 9.17) is 23.7 Å². The number of carbonyl (C=O) groups is 1. The van der Waals surface area contributed by atoms with Crippen molar-refractivity contribution in [3.05, 3.63) is 79.4 Å². The van der Waals surface area contributed by atoms with Crippen LogP contribution in [0.5, 0.6) is 11.5 Å². The number of aliphatic hydroxyl groups excluding tert-OH is 1. The molecule has 6 atom stereocenters. The highest BCUT2D eigenvalue weighted by molar-refractivity contribution is 7.89. The predicted octanol–water partition coefficient (Wildman–Crippen LogP) is 3.58. The maximum atomic E-state index is 13.8. The van der Waals surface area contributed by atoms with Crippen molar-refractivity contribution >= 4 is 16.0 Å². The lowest BCUT2D eigenvalue weighted by molar-refractivity contribution is -0.153. The van der Waals surface area contributed by atoms with Crippen molar-refractivity contribution < 1.29 is 42.0 Å². The molecule has 12 heteroatoms. The third-order valence-corrected chi connectivity index (χ3v) is 10.1. The van der Waals surface area contributed by atoms with E-state index in [1.807, 2.05) is 38.1 Å². The molecule has 4 rings (SSSR count). The van der Waals surface area contributed by atoms with Gasteiger partial charge in [-0.1, -0.05) is 44.7 Å². The molecular weight excluding hydrogens is 624 g/mol. The molecule has 2 aliphatic heterocycles. The predicted molar refractivity (Wildman–Crippen MR) is 178 cm³/mol. The quantitative estimate of drug-likeness (QED) is 0.169. The van der Waals surface area contributed by atoms with Crippen LogP contribution in [0.2, 0.25) is 0 Å². The Kier molecular flexibility index (Phi) is 13.4. The van der Waals surface area contributed by atoms with E-state index in [9.17, 15) is 18.3 Å². The number of ether oxygens (including phenoxy) is 5. The van der Waals surface area contributed by atoms with Crippen LogP contribution in [0, 0.1) is 17.8 Å². The van der Waals surface area contributed by atoms with Gasteiger partial charge in [0, 0.05) is 31.6 Å². The Balaban J connectivity index is 1.55. The van der Waals surface area contributed by atoms with Crippen molar-refractivity contribution in [2.75, 3.05) is 46.6 Å². The van der Waals surface area contributed by atoms with Crippen molar-refractivity contribution in [2.45, 2.75) is 56.1 Å². The highest BCUT2D eigenvalue weighted by Crippen LogP contribution is 2.34. The first-order valence-electron chi connectivity index (χ1n) is 16.0. The molecule has 0 unspecified atom stereocenters. The number of nitrogens with zero attached hydrogens (tertiary/aromatic N) is 1. The Hall–Kier alpha value is -3.26. The fourth-order valence-corrected chi connectivity index (χ4v) is 7.60. The van der Waals surface area contributed by atoms with Gasteiger partial charge < -0.3 is 34.1 Å². The molecule has 258 valence electrons. The number of hydrogen-bond donors (Lipinski definition) is 2. The monoisotopic (exact) mass is 672 g/mol. The van der Waals surface area contributed by atoms with E-state index >= 15 is 0 Å². The lowest BCUT2D eigenvalue weighted by Crippen LogP contribution is -2.44. The van der Waals surface area contributed by atoms with Crippen LogP contribution in [-0.4, -0.2) is 94.9 Å². The third kappa shape index (κ3) is 9.88. The van der Waals surface area contributed by atoms with Crippen molar-refractivity contribution in [3.63, 3.8) is 0 Å². The third-order valence-electron chi connectivity index (χ3n) is 8.27. The van der Waals surface area contributed by atoms with Crippen molar-refractivity contribution in [2.24, 2.45) is 17.8 Å². The van der Waals surface area contributed by atoms with Gasteiger partial charge in [0.15, 0.2) is 6.29 Å². The molecule has 47 heavy (non-hydrogen) atoms. The topological polar surface area (TPSA) is 133 Å². The SMILES string of the molecule is C=CCN[C@H]1CO[C@@H]2OC[C@H](OC(=O)C[C@@H](Cc3cccc(OCC=C)c3)[C@H](O)CN(CC(C)C)S(=O)(=O)c3ccc(OC)cc3)[C@@H]21. The van der Waals surface area contributed by atoms with E-state index in [0.29, 0.717) is 31.3 Å². The van der Waals surface area contributed by atoms with Gasteiger partial charge in [-0.25, -0.2) is 8.42 Å². The zero-order valence-electron chi connectivity index (χ0n) is 27.5. The molecule has 0 spiro atoms. The maximum absolute atomic E-state index is 13.8. The molecule has 0 amide bonds. The van der Waals surface area contributed by atoms with Crippen LogP contribution in [0.1, 0.15) is 25.8 Å². The summed E-state index contributed by atoms with van der Waals surface area (Å²) in [5.74, 6) is -0.241. The average Bonchev–Trinajstić information content (AvgIpc) is 3.64. The van der Waals surface area contributed by atoms with Gasteiger partial charge in [0.2, 0.25) is 10.0 Å². The number of fused-ring (bicyclic) bond motifs is 1. The first kappa shape index (κ1) is 36.6. The molecular formula is C35H48N2O9S. The summed E-state index contributed by atoms with van der Waals surface area (Å²) in [6, 6.07) is 13.4. The van der Waals surface area contributed by atoms with Crippen LogP contribution in [0.25, 0.3) is 0 Å². The number of benzene rings is 2. The minimum atomic E-state index is -3.98. The van der Waals surface area contributed by atoms with Gasteiger partial charge in [-0.15, -0.1) is 6.58 Å². The van der Waals surface area contributed by atoms with E-state index < -0.39 is 40.4 Å². The van der Waals surface area contributed by atoms with Gasteiger partial charge in [-0.2, -0.15) is 4.31 Å². The summed E-state index contributed by atoms with van der Waals surface area (Å²) in [5, 5.41) is 15.1. The van der Waals surface area contributed by atoms with Gasteiger partial charge >= 0.3 is 5.97 Å². The zero-order chi connectivity index (χ0) is 34.0. The van der Waals surface area contributed by atoms with E-state index in [-0.39, 0.29) is 55.3 Å². The van der Waals surface area contributed by atoms with E-state index in [2.05, 4.69) is 18.5 Å². The Morgan fingerprint density at radius 2 is 1.83 bits per heavy atom. The second kappa shape index (κ2) is 17.2. The van der Waals surface area contributed by atoms with Crippen LogP contribution in [-0.2, 0) is 35.4 Å². The van der Waals surface area contributed by atoms with Crippen LogP contribution >= 0.6 is 0 Å². The molecule has 11 nitrogen and oxygen atoms in total. The van der Waals surface area contributed by atoms with E-state index in [1.54, 1.807) is 24.3 Å². The number of rotatable bonds is 19. The zero-order valence-corrected chi connectivity index (χ0v) is 28.3. The first-order chi connectivity index (χ1) is 22.5. The number of sulfonamides is 1. The highest BCUT2D eigenvalue weighted by Gasteiger charge is 2.49. The summed E-state index contributed by atoms with van der Waals surface area (Å²) in [6.07, 6.45) is 1.34. The molecule has 2 fully saturated rings. The van der Waals surface area contributed by atoms with Crippen molar-refractivity contribution in [1.29, 1.82) is 0 Å². The molecule has 2 heterocycles. The molecule has 2 saturated heterocycles. The lowest BCUT2D eigenvalue weighted by Gasteiger charge is -2.30. The van der Waals surface area contributed by atoms with E-state index in [1.165, 1.54) is 23.5 Å². The van der Waals surface area contributed by atoms with E-state index in [0.717, 1.165) is 5.56 Å². The largest absolute Gasteiger partial charge is 0.497 e. The fourth-order valence-electron chi connectivity index (χ4n) is 5.98. The second-order valence-corrected chi connectivity index (χ2v) is 14.3. The highest BCUT2D eigenvalue weighted by atomic mass is 32.2. The van der Waals surface area contributed by atoms with Crippen molar-refractivity contribution in [1.82, 2.24) is 9.62 Å². The number of carbonyl (C=O) groups excluding carboxylic acids is 1. The first-order valence-corrected chi connectivity index (χ1v) is 17.4. The summed E-state index contributed by atoms with van der Waals surface area (Å²) < 4.78 is 57.3. The van der Waals surface area contributed by atoms with Gasteiger partial charge in [-0.05, 0) is 54.3 Å². The Labute approximate surface area is 278 Å². The normalized spacial score (nSPS) is 22.1. The number of aliphatic hydroxyl groups is 1. The average molecular weight is 673 g/mol. The van der Waals surface area contributed by atoms with Crippen LogP contribution in [0.4, 0.5) is 0 Å². The molecule has 2 aromatic carbocycles. The lowest BCUT2D eigenvalue weighted by atomic mass is 9.90. The molecule has 2 aliphatic rings. The van der Waals surface area contributed by atoms with Gasteiger partial charge in [0.25, 0.3) is 0 Å². The molecule has 0 saturated carbocycles. The summed E-state index contributed by atoms with van der Waals surface area (Å²) in [5.41, 5.74) is 0.818. The molecule has 2 N–H and O–H groups in total. The standard InChI is InChI=1S/C35H48N2O9S/c1-6-15-36-30-22-44-35-34(30)32(23-45-35)46-33(39)19-26(17-25-9-8-10-28(18-25)43-16-7-2)31(38)21-37(20-24(3)4)47(40,41)29-13-11-27(42-5)12-14-29/h6-14,18,24,26,30-32,34-36,38H,1-2,15-17,19-23H2,3-5H3/t26-,30+,31-,32+,34+,35-/m1/s1. The molecule has 2 aromatic rings. The van der Waals surface area contributed by atoms with Gasteiger partial charge in [0.05, 0.1) is 43.7 Å². The molecule has 0 aromatic heterocycles. The summed E-state index contributed by atoms with van der Waals surface area (Å²) >= 11 is 0. The summed E-state index contributed by atoms with van der Waals surface area (Å²) in [6.45, 7) is 12.8. The van der Waals surface area contributed by atoms with Crippen LogP contribution in [0.15, 0.2) is 78.7 Å². The Morgan fingerprint density at radius 1 is 1.09 bits per heavy atom. The minimum Gasteiger partial charge on any atom is -0.497 e. The van der Waals surface area contributed by atoms with Crippen LogP contribution in [0.3, 0.4) is 0 Å². The Bertz CT molecular complexity index is 1430. The van der Waals surface area contributed by atoms with Gasteiger partial charge in [0.1, 0.15) is 24.2 Å². The maximum Gasteiger partial charge on any atom is 0.306 e. The summed E-state index contributed by atoms with van der Waals surface area (Å²) in [4.78, 5) is 13.6. The molecule has 0 bridgehead atoms. The molecule has 0 radical (unpaired) electrons. The van der Waals surface area contributed by atoms with Crippen LogP contribution < -0.4 is 14.8 Å². The number of methoxy groups -OCH3 is 1. The number of esters is 1. The number of nitrogens with one attached hydrogen (secondary N) is 1. The fraction of sp³-hybridized carbons (Fsp3) is 0.514. The second-order valence-electron chi connectivity index (χ2n) is 12.3. The summed E-state index contributed by atoms with van der Waals surface area (Å²) in [7, 11) is -2.47. The van der Waals surface area contributed by atoms with Gasteiger partial charge in [-0.3, -0.25) is 4.79 Å². The van der Waals surface area contributed by atoms with Crippen molar-refractivity contribution in [3.8, 4) is 11.5 Å². The minimum absolute atomic E-state index is 0.0242. The number of hydrogen-bond acceptors (Lipinski definition) is 10.